The summed E-state index contributed by atoms with van der Waals surface area (Å²) in [6, 6.07) is 0. The van der Waals surface area contributed by atoms with E-state index >= 15 is 0 Å². The fourth-order valence-electron chi connectivity index (χ4n) is 2.29. The summed E-state index contributed by atoms with van der Waals surface area (Å²) >= 11 is 3.48. The highest BCUT2D eigenvalue weighted by Gasteiger charge is 1.93. The number of hydrogen-bond acceptors (Lipinski definition) is 2. The van der Waals surface area contributed by atoms with E-state index in [1.807, 2.05) is 26.0 Å². The van der Waals surface area contributed by atoms with E-state index in [1.165, 1.54) is 95.2 Å². The molecule has 0 amide bonds. The fourth-order valence-corrected chi connectivity index (χ4v) is 2.69. The molecule has 0 aliphatic carbocycles. The molecule has 0 aliphatic heterocycles. The van der Waals surface area contributed by atoms with Crippen LogP contribution >= 0.6 is 15.9 Å². The third-order valence-electron chi connectivity index (χ3n) is 3.49. The molecular weight excluding hydrogens is 336 g/mol. The topological polar surface area (TPSA) is 38.2 Å². The molecule has 0 atom stereocenters. The Morgan fingerprint density at radius 2 is 0.773 bits per heavy atom. The van der Waals surface area contributed by atoms with Crippen LogP contribution in [0.15, 0.2) is 0 Å². The smallest absolute Gasteiger partial charge is 0.00313 e. The van der Waals surface area contributed by atoms with Crippen molar-refractivity contribution >= 4 is 15.9 Å². The Labute approximate surface area is 150 Å². The standard InChI is InChI=1S/C16H33Br.C3H9N.H3N/c1-2-3-4-5-6-7-8-9-10-11-12-13-14-15-16-17;1-4(2)3;/h2-16H2,1H3;1-3H3;1H3. The zero-order chi connectivity index (χ0) is 16.2. The van der Waals surface area contributed by atoms with Gasteiger partial charge in [-0.1, -0.05) is 106 Å². The van der Waals surface area contributed by atoms with Gasteiger partial charge in [-0.2, -0.15) is 0 Å². The maximum Gasteiger partial charge on any atom is 0.00313 e. The molecule has 22 heavy (non-hydrogen) atoms. The molecule has 3 N–H and O–H groups in total. The monoisotopic (exact) mass is 380 g/mol. The van der Waals surface area contributed by atoms with E-state index in [9.17, 15) is 0 Å². The highest BCUT2D eigenvalue weighted by atomic mass is 79.9. The second kappa shape index (κ2) is 26.3. The van der Waals surface area contributed by atoms with Crippen LogP contribution in [0.2, 0.25) is 0 Å². The molecule has 0 unspecified atom stereocenters. The molecule has 0 aromatic rings. The van der Waals surface area contributed by atoms with Crippen molar-refractivity contribution in [2.75, 3.05) is 26.5 Å². The first kappa shape index (κ1) is 27.3. The van der Waals surface area contributed by atoms with E-state index in [0.717, 1.165) is 0 Å². The van der Waals surface area contributed by atoms with Gasteiger partial charge < -0.3 is 11.1 Å². The highest BCUT2D eigenvalue weighted by Crippen LogP contribution is 2.12. The Morgan fingerprint density at radius 3 is 1.00 bits per heavy atom. The van der Waals surface area contributed by atoms with Crippen LogP contribution in [0.4, 0.5) is 0 Å². The summed E-state index contributed by atoms with van der Waals surface area (Å²) in [5.74, 6) is 0. The summed E-state index contributed by atoms with van der Waals surface area (Å²) in [5.41, 5.74) is 0. The molecule has 0 spiro atoms. The van der Waals surface area contributed by atoms with Gasteiger partial charge >= 0.3 is 0 Å². The van der Waals surface area contributed by atoms with Crippen molar-refractivity contribution in [1.29, 1.82) is 0 Å². The van der Waals surface area contributed by atoms with Crippen molar-refractivity contribution in [3.63, 3.8) is 0 Å². The van der Waals surface area contributed by atoms with Gasteiger partial charge in [-0.25, -0.2) is 0 Å². The van der Waals surface area contributed by atoms with Crippen molar-refractivity contribution in [2.24, 2.45) is 0 Å². The lowest BCUT2D eigenvalue weighted by molar-refractivity contribution is 0.505. The molecule has 0 rings (SSSR count). The first-order chi connectivity index (χ1) is 10.1. The highest BCUT2D eigenvalue weighted by molar-refractivity contribution is 9.09. The third kappa shape index (κ3) is 37.0. The van der Waals surface area contributed by atoms with E-state index in [-0.39, 0.29) is 6.15 Å². The molecule has 2 nitrogen and oxygen atoms in total. The van der Waals surface area contributed by atoms with E-state index in [2.05, 4.69) is 22.9 Å². The van der Waals surface area contributed by atoms with Crippen molar-refractivity contribution < 1.29 is 0 Å². The number of alkyl halides is 1. The maximum atomic E-state index is 3.48. The maximum absolute atomic E-state index is 3.48. The van der Waals surface area contributed by atoms with Gasteiger partial charge in [0.05, 0.1) is 0 Å². The first-order valence-electron chi connectivity index (χ1n) is 9.32. The van der Waals surface area contributed by atoms with Crippen LogP contribution < -0.4 is 6.15 Å². The second-order valence-corrected chi connectivity index (χ2v) is 7.42. The molecule has 0 aliphatic rings. The molecule has 0 heterocycles. The lowest BCUT2D eigenvalue weighted by atomic mass is 10.0. The third-order valence-corrected chi connectivity index (χ3v) is 4.05. The lowest BCUT2D eigenvalue weighted by Crippen LogP contribution is -1.99. The zero-order valence-electron chi connectivity index (χ0n) is 16.1. The Bertz CT molecular complexity index is 147. The van der Waals surface area contributed by atoms with Crippen molar-refractivity contribution in [3.05, 3.63) is 0 Å². The molecule has 0 bridgehead atoms. The molecule has 3 heteroatoms. The van der Waals surface area contributed by atoms with Crippen molar-refractivity contribution in [2.45, 2.75) is 96.8 Å². The normalized spacial score (nSPS) is 10.1. The van der Waals surface area contributed by atoms with E-state index in [0.29, 0.717) is 0 Å². The van der Waals surface area contributed by atoms with Gasteiger partial charge in [-0.15, -0.1) is 0 Å². The molecular formula is C19H45BrN2. The van der Waals surface area contributed by atoms with Crippen LogP contribution in [-0.2, 0) is 0 Å². The minimum atomic E-state index is 0. The summed E-state index contributed by atoms with van der Waals surface area (Å²) in [6.07, 6.45) is 20.3. The Kier molecular flexibility index (Phi) is 32.6. The first-order valence-corrected chi connectivity index (χ1v) is 10.4. The lowest BCUT2D eigenvalue weighted by Gasteiger charge is -2.02. The molecule has 0 aromatic heterocycles. The Hall–Kier alpha value is 0.400. The van der Waals surface area contributed by atoms with E-state index in [4.69, 9.17) is 0 Å². The summed E-state index contributed by atoms with van der Waals surface area (Å²) in [6.45, 7) is 2.29. The van der Waals surface area contributed by atoms with Gasteiger partial charge in [0, 0.05) is 5.33 Å². The number of halogens is 1. The van der Waals surface area contributed by atoms with Gasteiger partial charge in [0.1, 0.15) is 0 Å². The summed E-state index contributed by atoms with van der Waals surface area (Å²) < 4.78 is 0. The van der Waals surface area contributed by atoms with Gasteiger partial charge in [0.15, 0.2) is 0 Å². The largest absolute Gasteiger partial charge is 0.344 e. The summed E-state index contributed by atoms with van der Waals surface area (Å²) in [4.78, 5) is 2.00. The number of unbranched alkanes of at least 4 members (excludes halogenated alkanes) is 13. The van der Waals surface area contributed by atoms with Crippen LogP contribution in [-0.4, -0.2) is 31.4 Å². The van der Waals surface area contributed by atoms with Gasteiger partial charge in [0.2, 0.25) is 0 Å². The fraction of sp³-hybridized carbons (Fsp3) is 1.00. The van der Waals surface area contributed by atoms with Crippen LogP contribution in [0.5, 0.6) is 0 Å². The molecule has 0 radical (unpaired) electrons. The summed E-state index contributed by atoms with van der Waals surface area (Å²) in [5, 5.41) is 1.19. The predicted octanol–water partition coefficient (Wildman–Crippen LogP) is 7.20. The molecule has 138 valence electrons. The average molecular weight is 381 g/mol. The van der Waals surface area contributed by atoms with Crippen LogP contribution in [0.1, 0.15) is 96.8 Å². The summed E-state index contributed by atoms with van der Waals surface area (Å²) in [7, 11) is 6.00. The molecule has 0 fully saturated rings. The minimum Gasteiger partial charge on any atom is -0.344 e. The van der Waals surface area contributed by atoms with Crippen molar-refractivity contribution in [1.82, 2.24) is 11.1 Å². The molecule has 0 aromatic carbocycles. The molecule has 0 saturated carbocycles. The van der Waals surface area contributed by atoms with E-state index in [1.54, 1.807) is 0 Å². The van der Waals surface area contributed by atoms with E-state index < -0.39 is 0 Å². The van der Waals surface area contributed by atoms with Gasteiger partial charge in [-0.3, -0.25) is 0 Å². The zero-order valence-corrected chi connectivity index (χ0v) is 17.7. The van der Waals surface area contributed by atoms with Crippen LogP contribution in [0, 0.1) is 0 Å². The minimum absolute atomic E-state index is 0. The molecule has 0 saturated heterocycles. The SMILES string of the molecule is CCCCCCCCCCCCCCCCBr.CN(C)C.N. The van der Waals surface area contributed by atoms with Gasteiger partial charge in [0.25, 0.3) is 0 Å². The second-order valence-electron chi connectivity index (χ2n) is 6.63. The number of hydrogen-bond donors (Lipinski definition) is 1. The van der Waals surface area contributed by atoms with Crippen LogP contribution in [0.25, 0.3) is 0 Å². The predicted molar refractivity (Wildman–Crippen MR) is 109 cm³/mol. The number of rotatable bonds is 14. The van der Waals surface area contributed by atoms with Gasteiger partial charge in [-0.05, 0) is 27.6 Å². The van der Waals surface area contributed by atoms with Crippen LogP contribution in [0.3, 0.4) is 0 Å². The quantitative estimate of drug-likeness (QED) is 0.255. The Balaban J connectivity index is -0.000000640. The Morgan fingerprint density at radius 1 is 0.545 bits per heavy atom. The average Bonchev–Trinajstić information content (AvgIpc) is 2.43. The van der Waals surface area contributed by atoms with Crippen molar-refractivity contribution in [3.8, 4) is 0 Å². The number of nitrogens with zero attached hydrogens (tertiary/aromatic N) is 1.